The maximum absolute atomic E-state index is 13.5. The number of rotatable bonds is 6. The minimum atomic E-state index is -3.97. The first-order valence-electron chi connectivity index (χ1n) is 5.53. The highest BCUT2D eigenvalue weighted by atomic mass is 32.2. The number of anilines is 1. The summed E-state index contributed by atoms with van der Waals surface area (Å²) >= 11 is 0. The van der Waals surface area contributed by atoms with Crippen molar-refractivity contribution in [3.8, 4) is 0 Å². The summed E-state index contributed by atoms with van der Waals surface area (Å²) in [6, 6.07) is 3.72. The van der Waals surface area contributed by atoms with Crippen LogP contribution in [0.5, 0.6) is 0 Å². The molecule has 1 aromatic carbocycles. The van der Waals surface area contributed by atoms with Crippen LogP contribution in [0.25, 0.3) is 0 Å². The third-order valence-electron chi connectivity index (χ3n) is 2.51. The van der Waals surface area contributed by atoms with Gasteiger partial charge in [0.05, 0.1) is 5.69 Å². The van der Waals surface area contributed by atoms with Crippen LogP contribution < -0.4 is 10.5 Å². The summed E-state index contributed by atoms with van der Waals surface area (Å²) in [5, 5.41) is 8.71. The molecule has 4 N–H and O–H groups in total. The molecule has 18 heavy (non-hydrogen) atoms. The number of halogens is 1. The molecule has 0 saturated carbocycles. The molecular formula is C11H17FN2O3S. The first-order chi connectivity index (χ1) is 8.38. The Hall–Kier alpha value is -1.18. The molecule has 0 fully saturated rings. The predicted molar refractivity (Wildman–Crippen MR) is 66.9 cm³/mol. The van der Waals surface area contributed by atoms with Crippen molar-refractivity contribution in [1.29, 1.82) is 0 Å². The third-order valence-corrected chi connectivity index (χ3v) is 4.02. The monoisotopic (exact) mass is 276 g/mol. The standard InChI is InChI=1S/C11H17FN2O3S/c1-8(5-6-15)7-14-18(16,17)11-9(12)3-2-4-10(11)13/h2-4,8,14-15H,5-7,13H2,1H3. The van der Waals surface area contributed by atoms with E-state index in [0.717, 1.165) is 6.07 Å². The van der Waals surface area contributed by atoms with Gasteiger partial charge < -0.3 is 10.8 Å². The van der Waals surface area contributed by atoms with Crippen LogP contribution in [0.15, 0.2) is 23.1 Å². The number of aliphatic hydroxyl groups is 1. The Labute approximate surface area is 106 Å². The van der Waals surface area contributed by atoms with E-state index in [1.165, 1.54) is 12.1 Å². The van der Waals surface area contributed by atoms with Crippen molar-refractivity contribution in [3.05, 3.63) is 24.0 Å². The third kappa shape index (κ3) is 3.66. The summed E-state index contributed by atoms with van der Waals surface area (Å²) in [4.78, 5) is -0.527. The van der Waals surface area contributed by atoms with Gasteiger partial charge in [-0.25, -0.2) is 17.5 Å². The topological polar surface area (TPSA) is 92.4 Å². The second-order valence-corrected chi connectivity index (χ2v) is 5.83. The van der Waals surface area contributed by atoms with Crippen LogP contribution in [0.2, 0.25) is 0 Å². The summed E-state index contributed by atoms with van der Waals surface area (Å²) in [5.41, 5.74) is 5.35. The Bertz CT molecular complexity index is 485. The Kier molecular flexibility index (Phi) is 5.06. The largest absolute Gasteiger partial charge is 0.398 e. The lowest BCUT2D eigenvalue weighted by atomic mass is 10.1. The first-order valence-corrected chi connectivity index (χ1v) is 7.01. The number of aliphatic hydroxyl groups excluding tert-OH is 1. The van der Waals surface area contributed by atoms with Gasteiger partial charge in [-0.15, -0.1) is 0 Å². The van der Waals surface area contributed by atoms with Gasteiger partial charge in [0.25, 0.3) is 0 Å². The maximum atomic E-state index is 13.5. The number of sulfonamides is 1. The van der Waals surface area contributed by atoms with Crippen LogP contribution in [0.3, 0.4) is 0 Å². The Balaban J connectivity index is 2.87. The fourth-order valence-electron chi connectivity index (χ4n) is 1.46. The quantitative estimate of drug-likeness (QED) is 0.667. The van der Waals surface area contributed by atoms with Gasteiger partial charge in [-0.1, -0.05) is 13.0 Å². The molecule has 0 aliphatic heterocycles. The molecule has 1 unspecified atom stereocenters. The minimum Gasteiger partial charge on any atom is -0.398 e. The number of nitrogens with one attached hydrogen (secondary N) is 1. The van der Waals surface area contributed by atoms with Crippen LogP contribution >= 0.6 is 0 Å². The Morgan fingerprint density at radius 3 is 2.72 bits per heavy atom. The van der Waals surface area contributed by atoms with Crippen LogP contribution in [0.1, 0.15) is 13.3 Å². The molecule has 0 spiro atoms. The minimum absolute atomic E-state index is 0.0231. The van der Waals surface area contributed by atoms with Gasteiger partial charge in [0.15, 0.2) is 0 Å². The molecule has 0 bridgehead atoms. The molecule has 0 aliphatic carbocycles. The average Bonchev–Trinajstić information content (AvgIpc) is 2.26. The zero-order valence-corrected chi connectivity index (χ0v) is 10.9. The van der Waals surface area contributed by atoms with Crippen LogP contribution in [0.4, 0.5) is 10.1 Å². The molecule has 102 valence electrons. The smallest absolute Gasteiger partial charge is 0.245 e. The lowest BCUT2D eigenvalue weighted by Gasteiger charge is -2.13. The van der Waals surface area contributed by atoms with Gasteiger partial charge in [-0.3, -0.25) is 0 Å². The van der Waals surface area contributed by atoms with E-state index < -0.39 is 20.7 Å². The Morgan fingerprint density at radius 1 is 1.50 bits per heavy atom. The number of benzene rings is 1. The van der Waals surface area contributed by atoms with Gasteiger partial charge in [0.2, 0.25) is 10.0 Å². The van der Waals surface area contributed by atoms with E-state index in [9.17, 15) is 12.8 Å². The van der Waals surface area contributed by atoms with Crippen molar-refractivity contribution in [3.63, 3.8) is 0 Å². The fraction of sp³-hybridized carbons (Fsp3) is 0.455. The van der Waals surface area contributed by atoms with Crippen LogP contribution in [0, 0.1) is 11.7 Å². The maximum Gasteiger partial charge on any atom is 0.245 e. The highest BCUT2D eigenvalue weighted by Crippen LogP contribution is 2.21. The van der Waals surface area contributed by atoms with Crippen molar-refractivity contribution < 1.29 is 17.9 Å². The number of nitrogens with two attached hydrogens (primary N) is 1. The molecule has 0 aromatic heterocycles. The second-order valence-electron chi connectivity index (χ2n) is 4.13. The molecule has 0 aliphatic rings. The van der Waals surface area contributed by atoms with E-state index in [-0.39, 0.29) is 24.8 Å². The van der Waals surface area contributed by atoms with Crippen molar-refractivity contribution in [1.82, 2.24) is 4.72 Å². The zero-order chi connectivity index (χ0) is 13.8. The highest BCUT2D eigenvalue weighted by Gasteiger charge is 2.22. The van der Waals surface area contributed by atoms with Crippen molar-refractivity contribution in [2.24, 2.45) is 5.92 Å². The van der Waals surface area contributed by atoms with Crippen molar-refractivity contribution >= 4 is 15.7 Å². The predicted octanol–water partition coefficient (Wildman–Crippen LogP) is 0.705. The lowest BCUT2D eigenvalue weighted by molar-refractivity contribution is 0.263. The van der Waals surface area contributed by atoms with E-state index in [1.807, 2.05) is 0 Å². The molecular weight excluding hydrogens is 259 g/mol. The van der Waals surface area contributed by atoms with Gasteiger partial charge in [0.1, 0.15) is 10.7 Å². The summed E-state index contributed by atoms with van der Waals surface area (Å²) in [6.07, 6.45) is 0.468. The van der Waals surface area contributed by atoms with Crippen LogP contribution in [-0.4, -0.2) is 26.7 Å². The molecule has 1 aromatic rings. The van der Waals surface area contributed by atoms with E-state index in [2.05, 4.69) is 4.72 Å². The second kappa shape index (κ2) is 6.12. The van der Waals surface area contributed by atoms with Gasteiger partial charge in [-0.2, -0.15) is 0 Å². The van der Waals surface area contributed by atoms with Crippen molar-refractivity contribution in [2.45, 2.75) is 18.2 Å². The number of nitrogen functional groups attached to an aromatic ring is 1. The van der Waals surface area contributed by atoms with E-state index in [0.29, 0.717) is 6.42 Å². The SMILES string of the molecule is CC(CCO)CNS(=O)(=O)c1c(N)cccc1F. The highest BCUT2D eigenvalue weighted by molar-refractivity contribution is 7.89. The van der Waals surface area contributed by atoms with Gasteiger partial charge >= 0.3 is 0 Å². The molecule has 7 heteroatoms. The van der Waals surface area contributed by atoms with E-state index in [4.69, 9.17) is 10.8 Å². The van der Waals surface area contributed by atoms with Gasteiger partial charge in [-0.05, 0) is 24.5 Å². The summed E-state index contributed by atoms with van der Waals surface area (Å²) in [5.74, 6) is -0.921. The number of hydrogen-bond donors (Lipinski definition) is 3. The first kappa shape index (κ1) is 14.9. The molecule has 1 atom stereocenters. The zero-order valence-electron chi connectivity index (χ0n) is 10.1. The van der Waals surface area contributed by atoms with E-state index in [1.54, 1.807) is 6.92 Å². The average molecular weight is 276 g/mol. The molecule has 1 rings (SSSR count). The van der Waals surface area contributed by atoms with Crippen molar-refractivity contribution in [2.75, 3.05) is 18.9 Å². The molecule has 0 saturated heterocycles. The summed E-state index contributed by atoms with van der Waals surface area (Å²) in [6.45, 7) is 1.88. The fourth-order valence-corrected chi connectivity index (χ4v) is 2.81. The summed E-state index contributed by atoms with van der Waals surface area (Å²) in [7, 11) is -3.97. The molecule has 5 nitrogen and oxygen atoms in total. The molecule has 0 radical (unpaired) electrons. The van der Waals surface area contributed by atoms with Crippen LogP contribution in [-0.2, 0) is 10.0 Å². The number of hydrogen-bond acceptors (Lipinski definition) is 4. The van der Waals surface area contributed by atoms with E-state index >= 15 is 0 Å². The lowest BCUT2D eigenvalue weighted by Crippen LogP contribution is -2.30. The molecule has 0 heterocycles. The summed E-state index contributed by atoms with van der Waals surface area (Å²) < 4.78 is 39.5. The Morgan fingerprint density at radius 2 is 2.17 bits per heavy atom. The normalized spacial score (nSPS) is 13.5. The van der Waals surface area contributed by atoms with Gasteiger partial charge in [0, 0.05) is 13.2 Å². The molecule has 0 amide bonds.